The van der Waals surface area contributed by atoms with Crippen molar-refractivity contribution >= 4 is 28.2 Å². The van der Waals surface area contributed by atoms with Gasteiger partial charge in [-0.15, -0.1) is 0 Å². The van der Waals surface area contributed by atoms with Crippen molar-refractivity contribution in [1.29, 1.82) is 0 Å². The monoisotopic (exact) mass is 371 g/mol. The number of aromatic nitrogens is 2. The highest BCUT2D eigenvalue weighted by Crippen LogP contribution is 2.34. The van der Waals surface area contributed by atoms with E-state index in [0.717, 1.165) is 22.8 Å². The van der Waals surface area contributed by atoms with Crippen molar-refractivity contribution in [3.05, 3.63) is 34.6 Å². The minimum atomic E-state index is -4.42. The summed E-state index contributed by atoms with van der Waals surface area (Å²) in [6.45, 7) is 3.30. The topological polar surface area (TPSA) is 70.2 Å². The lowest BCUT2D eigenvalue weighted by Crippen LogP contribution is -2.30. The van der Waals surface area contributed by atoms with Gasteiger partial charge in [0.2, 0.25) is 0 Å². The molecule has 0 bridgehead atoms. The van der Waals surface area contributed by atoms with Crippen LogP contribution >= 0.6 is 11.3 Å². The summed E-state index contributed by atoms with van der Waals surface area (Å²) in [4.78, 5) is 22.4. The van der Waals surface area contributed by atoms with E-state index >= 15 is 0 Å². The molecule has 10 heteroatoms. The zero-order chi connectivity index (χ0) is 18.0. The van der Waals surface area contributed by atoms with E-state index in [-0.39, 0.29) is 6.03 Å². The van der Waals surface area contributed by atoms with Crippen LogP contribution in [0, 0.1) is 0 Å². The van der Waals surface area contributed by atoms with Crippen molar-refractivity contribution in [1.82, 2.24) is 15.3 Å². The Balaban J connectivity index is 1.75. The van der Waals surface area contributed by atoms with Crippen LogP contribution in [0.1, 0.15) is 23.1 Å². The van der Waals surface area contributed by atoms with E-state index in [1.165, 1.54) is 17.5 Å². The molecule has 0 aliphatic carbocycles. The predicted molar refractivity (Wildman–Crippen MR) is 88.8 cm³/mol. The summed E-state index contributed by atoms with van der Waals surface area (Å²) < 4.78 is 38.5. The summed E-state index contributed by atoms with van der Waals surface area (Å²) in [5.74, 6) is 0. The van der Waals surface area contributed by atoms with Gasteiger partial charge in [-0.25, -0.2) is 9.78 Å². The van der Waals surface area contributed by atoms with Crippen LogP contribution in [0.3, 0.4) is 0 Å². The van der Waals surface area contributed by atoms with E-state index < -0.39 is 11.7 Å². The maximum atomic E-state index is 12.8. The van der Waals surface area contributed by atoms with Gasteiger partial charge in [0.15, 0.2) is 5.13 Å². The fraction of sp³-hybridized carbons (Fsp3) is 0.400. The predicted octanol–water partition coefficient (Wildman–Crippen LogP) is 3.26. The molecule has 0 spiro atoms. The quantitative estimate of drug-likeness (QED) is 0.869. The van der Waals surface area contributed by atoms with Gasteiger partial charge < -0.3 is 10.2 Å². The minimum absolute atomic E-state index is 0.326. The lowest BCUT2D eigenvalue weighted by atomic mass is 10.1. The van der Waals surface area contributed by atoms with Gasteiger partial charge in [0.25, 0.3) is 0 Å². The zero-order valence-electron chi connectivity index (χ0n) is 13.4. The molecule has 134 valence electrons. The van der Waals surface area contributed by atoms with E-state index in [1.54, 1.807) is 0 Å². The van der Waals surface area contributed by atoms with Crippen molar-refractivity contribution in [3.63, 3.8) is 0 Å². The molecule has 2 aromatic heterocycles. The molecule has 0 atom stereocenters. The normalized spacial score (nSPS) is 14.2. The van der Waals surface area contributed by atoms with Crippen molar-refractivity contribution in [2.24, 2.45) is 0 Å². The number of nitrogens with one attached hydrogen (secondary N) is 2. The van der Waals surface area contributed by atoms with Gasteiger partial charge in [-0.1, -0.05) is 11.3 Å². The second-order valence-electron chi connectivity index (χ2n) is 5.47. The second kappa shape index (κ2) is 6.87. The minimum Gasteiger partial charge on any atom is -0.365 e. The summed E-state index contributed by atoms with van der Waals surface area (Å²) in [5.41, 5.74) is 0.527. The highest BCUT2D eigenvalue weighted by molar-refractivity contribution is 7.15. The Hall–Kier alpha value is -2.36. The molecule has 2 aromatic rings. The Morgan fingerprint density at radius 3 is 2.92 bits per heavy atom. The highest BCUT2D eigenvalue weighted by atomic mass is 32.1. The first-order chi connectivity index (χ1) is 11.9. The average Bonchev–Trinajstić information content (AvgIpc) is 2.95. The van der Waals surface area contributed by atoms with Crippen LogP contribution in [-0.4, -0.2) is 29.1 Å². The molecule has 0 radical (unpaired) electrons. The molecular formula is C15H16F3N5OS. The fourth-order valence-electron chi connectivity index (χ4n) is 2.53. The van der Waals surface area contributed by atoms with Crippen LogP contribution < -0.4 is 15.5 Å². The van der Waals surface area contributed by atoms with E-state index in [1.807, 2.05) is 11.8 Å². The Morgan fingerprint density at radius 1 is 1.40 bits per heavy atom. The third-order valence-electron chi connectivity index (χ3n) is 3.71. The van der Waals surface area contributed by atoms with E-state index in [4.69, 9.17) is 0 Å². The second-order valence-corrected chi connectivity index (χ2v) is 6.56. The van der Waals surface area contributed by atoms with Crippen molar-refractivity contribution in [3.8, 4) is 0 Å². The highest BCUT2D eigenvalue weighted by Gasteiger charge is 2.32. The van der Waals surface area contributed by atoms with E-state index in [9.17, 15) is 18.0 Å². The van der Waals surface area contributed by atoms with Gasteiger partial charge in [0.05, 0.1) is 29.7 Å². The maximum absolute atomic E-state index is 12.8. The zero-order valence-corrected chi connectivity index (χ0v) is 14.2. The molecule has 1 aliphatic rings. The average molecular weight is 371 g/mol. The first-order valence-electron chi connectivity index (χ1n) is 7.67. The Kier molecular flexibility index (Phi) is 4.80. The lowest BCUT2D eigenvalue weighted by molar-refractivity contribution is -0.137. The lowest BCUT2D eigenvalue weighted by Gasteiger charge is -2.28. The number of rotatable bonds is 3. The number of alkyl halides is 3. The number of pyridine rings is 1. The summed E-state index contributed by atoms with van der Waals surface area (Å²) >= 11 is 1.33. The van der Waals surface area contributed by atoms with Crippen molar-refractivity contribution in [2.45, 2.75) is 26.1 Å². The molecule has 0 unspecified atom stereocenters. The van der Waals surface area contributed by atoms with E-state index in [2.05, 4.69) is 20.6 Å². The molecule has 2 N–H and O–H groups in total. The first kappa shape index (κ1) is 17.5. The molecule has 0 saturated carbocycles. The van der Waals surface area contributed by atoms with Crippen LogP contribution in [0.4, 0.5) is 28.8 Å². The number of fused-ring (bicyclic) bond motifs is 1. The fourth-order valence-corrected chi connectivity index (χ4v) is 3.55. The largest absolute Gasteiger partial charge is 0.417 e. The number of hydrogen-bond donors (Lipinski definition) is 2. The summed E-state index contributed by atoms with van der Waals surface area (Å²) in [6.07, 6.45) is -1.58. The Morgan fingerprint density at radius 2 is 2.20 bits per heavy atom. The number of hydrogen-bond acceptors (Lipinski definition) is 5. The van der Waals surface area contributed by atoms with Gasteiger partial charge in [0, 0.05) is 30.6 Å². The molecule has 1 aliphatic heterocycles. The standard InChI is InChI=1S/C15H16F3N5OS/c1-2-20-13(24)22-14-21-11-3-4-23(8-12(11)25-14)10-5-9(6-19-7-10)15(16,17)18/h5-7H,2-4,8H2,1H3,(H2,20,21,22,24). The van der Waals surface area contributed by atoms with Gasteiger partial charge in [-0.3, -0.25) is 10.3 Å². The number of halogens is 3. The molecule has 0 saturated heterocycles. The number of urea groups is 1. The molecule has 6 nitrogen and oxygen atoms in total. The molecular weight excluding hydrogens is 355 g/mol. The number of carbonyl (C=O) groups is 1. The summed E-state index contributed by atoms with van der Waals surface area (Å²) in [7, 11) is 0. The van der Waals surface area contributed by atoms with Crippen LogP contribution in [0.25, 0.3) is 0 Å². The number of carbonyl (C=O) groups excluding carboxylic acids is 1. The molecule has 0 aromatic carbocycles. The van der Waals surface area contributed by atoms with Crippen molar-refractivity contribution in [2.75, 3.05) is 23.3 Å². The Labute approximate surface area is 146 Å². The Bertz CT molecular complexity index is 777. The van der Waals surface area contributed by atoms with Crippen LogP contribution in [-0.2, 0) is 19.1 Å². The maximum Gasteiger partial charge on any atom is 0.417 e. The summed E-state index contributed by atoms with van der Waals surface area (Å²) in [5, 5.41) is 5.77. The van der Waals surface area contributed by atoms with Crippen molar-refractivity contribution < 1.29 is 18.0 Å². The number of amides is 2. The number of anilines is 2. The number of nitrogens with zero attached hydrogens (tertiary/aromatic N) is 3. The molecule has 3 rings (SSSR count). The number of thiazole rings is 1. The molecule has 2 amide bonds. The van der Waals surface area contributed by atoms with Gasteiger partial charge in [-0.05, 0) is 13.0 Å². The molecule has 25 heavy (non-hydrogen) atoms. The van der Waals surface area contributed by atoms with Gasteiger partial charge in [0.1, 0.15) is 0 Å². The SMILES string of the molecule is CCNC(=O)Nc1nc2c(s1)CN(c1cncc(C(F)(F)F)c1)CC2. The van der Waals surface area contributed by atoms with Gasteiger partial charge >= 0.3 is 12.2 Å². The van der Waals surface area contributed by atoms with Crippen LogP contribution in [0.2, 0.25) is 0 Å². The third kappa shape index (κ3) is 4.01. The smallest absolute Gasteiger partial charge is 0.365 e. The summed E-state index contributed by atoms with van der Waals surface area (Å²) in [6, 6.07) is 0.778. The first-order valence-corrected chi connectivity index (χ1v) is 8.49. The van der Waals surface area contributed by atoms with Crippen LogP contribution in [0.5, 0.6) is 0 Å². The van der Waals surface area contributed by atoms with E-state index in [0.29, 0.717) is 36.9 Å². The van der Waals surface area contributed by atoms with Gasteiger partial charge in [-0.2, -0.15) is 13.2 Å². The third-order valence-corrected chi connectivity index (χ3v) is 4.70. The van der Waals surface area contributed by atoms with Crippen LogP contribution in [0.15, 0.2) is 18.5 Å². The molecule has 3 heterocycles. The molecule has 0 fully saturated rings.